The molecule has 0 saturated carbocycles. The van der Waals surface area contributed by atoms with Crippen molar-refractivity contribution in [2.75, 3.05) is 46.6 Å². The number of ether oxygens (including phenoxy) is 4. The molecular weight excluding hydrogens is 330 g/mol. The summed E-state index contributed by atoms with van der Waals surface area (Å²) in [5, 5.41) is 0. The maximum Gasteiger partial charge on any atom is 0.119 e. The van der Waals surface area contributed by atoms with Crippen LogP contribution in [0.5, 0.6) is 5.75 Å². The highest BCUT2D eigenvalue weighted by Crippen LogP contribution is 2.36. The first kappa shape index (κ1) is 18.2. The summed E-state index contributed by atoms with van der Waals surface area (Å²) in [7, 11) is 1.72. The van der Waals surface area contributed by atoms with E-state index in [0.29, 0.717) is 12.0 Å². The largest absolute Gasteiger partial charge is 0.497 e. The fourth-order valence-corrected chi connectivity index (χ4v) is 4.44. The molecule has 0 bridgehead atoms. The topological polar surface area (TPSA) is 40.2 Å². The van der Waals surface area contributed by atoms with Crippen LogP contribution in [0.3, 0.4) is 0 Å². The maximum atomic E-state index is 6.27. The predicted octanol–water partition coefficient (Wildman–Crippen LogP) is 2.87. The SMILES string of the molecule is COc1cccc(CN2CC3(CC(OCC4CCOCC4)CCO3)C2)c1. The molecule has 1 unspecified atom stereocenters. The third kappa shape index (κ3) is 4.39. The Kier molecular flexibility index (Phi) is 5.79. The van der Waals surface area contributed by atoms with E-state index in [4.69, 9.17) is 18.9 Å². The minimum atomic E-state index is 0.0114. The second kappa shape index (κ2) is 8.26. The van der Waals surface area contributed by atoms with Crippen LogP contribution in [0.15, 0.2) is 24.3 Å². The molecule has 1 atom stereocenters. The van der Waals surface area contributed by atoms with Gasteiger partial charge >= 0.3 is 0 Å². The molecule has 1 aromatic carbocycles. The van der Waals surface area contributed by atoms with E-state index in [0.717, 1.165) is 77.5 Å². The smallest absolute Gasteiger partial charge is 0.119 e. The molecule has 144 valence electrons. The molecule has 0 amide bonds. The lowest BCUT2D eigenvalue weighted by atomic mass is 9.84. The lowest BCUT2D eigenvalue weighted by Crippen LogP contribution is -2.65. The number of likely N-dealkylation sites (tertiary alicyclic amines) is 1. The quantitative estimate of drug-likeness (QED) is 0.779. The summed E-state index contributed by atoms with van der Waals surface area (Å²) in [5.41, 5.74) is 1.31. The van der Waals surface area contributed by atoms with E-state index in [1.165, 1.54) is 5.56 Å². The molecule has 4 rings (SSSR count). The molecule has 3 aliphatic rings. The molecule has 5 heteroatoms. The van der Waals surface area contributed by atoms with E-state index in [1.54, 1.807) is 7.11 Å². The van der Waals surface area contributed by atoms with E-state index in [2.05, 4.69) is 23.1 Å². The summed E-state index contributed by atoms with van der Waals surface area (Å²) < 4.78 is 23.2. The third-order valence-electron chi connectivity index (χ3n) is 5.92. The van der Waals surface area contributed by atoms with E-state index < -0.39 is 0 Å². The molecule has 0 aromatic heterocycles. The van der Waals surface area contributed by atoms with Crippen LogP contribution in [0.1, 0.15) is 31.2 Å². The summed E-state index contributed by atoms with van der Waals surface area (Å²) in [4.78, 5) is 2.45. The van der Waals surface area contributed by atoms with Gasteiger partial charge in [-0.15, -0.1) is 0 Å². The van der Waals surface area contributed by atoms with Crippen LogP contribution in [-0.4, -0.2) is 63.2 Å². The number of methoxy groups -OCH3 is 1. The van der Waals surface area contributed by atoms with Gasteiger partial charge in [-0.1, -0.05) is 12.1 Å². The lowest BCUT2D eigenvalue weighted by Gasteiger charge is -2.53. The Bertz CT molecular complexity index is 581. The van der Waals surface area contributed by atoms with Crippen molar-refractivity contribution in [3.05, 3.63) is 29.8 Å². The van der Waals surface area contributed by atoms with E-state index in [1.807, 2.05) is 6.07 Å². The molecule has 1 spiro atoms. The average molecular weight is 361 g/mol. The summed E-state index contributed by atoms with van der Waals surface area (Å²) in [6.07, 6.45) is 4.70. The van der Waals surface area contributed by atoms with Crippen LogP contribution in [0.4, 0.5) is 0 Å². The van der Waals surface area contributed by atoms with Crippen molar-refractivity contribution in [3.8, 4) is 5.75 Å². The van der Waals surface area contributed by atoms with Crippen molar-refractivity contribution in [2.24, 2.45) is 5.92 Å². The lowest BCUT2D eigenvalue weighted by molar-refractivity contribution is -0.201. The zero-order valence-corrected chi connectivity index (χ0v) is 15.8. The highest BCUT2D eigenvalue weighted by atomic mass is 16.5. The van der Waals surface area contributed by atoms with Crippen molar-refractivity contribution in [1.82, 2.24) is 4.90 Å². The molecule has 5 nitrogen and oxygen atoms in total. The molecule has 3 aliphatic heterocycles. The normalized spacial score (nSPS) is 26.6. The molecule has 3 heterocycles. The average Bonchev–Trinajstić information content (AvgIpc) is 2.66. The molecule has 3 fully saturated rings. The van der Waals surface area contributed by atoms with Gasteiger partial charge in [0.05, 0.1) is 18.8 Å². The second-order valence-corrected chi connectivity index (χ2v) is 8.03. The molecule has 0 N–H and O–H groups in total. The van der Waals surface area contributed by atoms with Crippen LogP contribution in [0.2, 0.25) is 0 Å². The first-order chi connectivity index (χ1) is 12.7. The number of nitrogens with zero attached hydrogens (tertiary/aromatic N) is 1. The van der Waals surface area contributed by atoms with Gasteiger partial charge in [0.1, 0.15) is 5.75 Å². The Hall–Kier alpha value is -1.14. The van der Waals surface area contributed by atoms with E-state index in [-0.39, 0.29) is 5.60 Å². The number of hydrogen-bond acceptors (Lipinski definition) is 5. The van der Waals surface area contributed by atoms with Crippen molar-refractivity contribution < 1.29 is 18.9 Å². The van der Waals surface area contributed by atoms with Crippen LogP contribution in [-0.2, 0) is 20.8 Å². The molecule has 0 radical (unpaired) electrons. The Morgan fingerprint density at radius 1 is 1.15 bits per heavy atom. The first-order valence-corrected chi connectivity index (χ1v) is 9.93. The Labute approximate surface area is 156 Å². The van der Waals surface area contributed by atoms with Gasteiger partial charge in [-0.3, -0.25) is 4.90 Å². The van der Waals surface area contributed by atoms with Gasteiger partial charge in [-0.05, 0) is 42.9 Å². The molecular formula is C21H31NO4. The highest BCUT2D eigenvalue weighted by molar-refractivity contribution is 5.28. The van der Waals surface area contributed by atoms with Gasteiger partial charge < -0.3 is 18.9 Å². The van der Waals surface area contributed by atoms with Gasteiger partial charge in [-0.2, -0.15) is 0 Å². The second-order valence-electron chi connectivity index (χ2n) is 8.03. The Morgan fingerprint density at radius 3 is 2.81 bits per heavy atom. The van der Waals surface area contributed by atoms with Gasteiger partial charge in [0.25, 0.3) is 0 Å². The molecule has 26 heavy (non-hydrogen) atoms. The van der Waals surface area contributed by atoms with Gasteiger partial charge in [0.2, 0.25) is 0 Å². The van der Waals surface area contributed by atoms with Crippen LogP contribution < -0.4 is 4.74 Å². The summed E-state index contributed by atoms with van der Waals surface area (Å²) in [6, 6.07) is 8.33. The van der Waals surface area contributed by atoms with E-state index >= 15 is 0 Å². The van der Waals surface area contributed by atoms with Crippen molar-refractivity contribution >= 4 is 0 Å². The zero-order chi connectivity index (χ0) is 17.8. The van der Waals surface area contributed by atoms with Crippen LogP contribution in [0, 0.1) is 5.92 Å². The summed E-state index contributed by atoms with van der Waals surface area (Å²) in [5.74, 6) is 1.60. The fourth-order valence-electron chi connectivity index (χ4n) is 4.44. The molecule has 0 aliphatic carbocycles. The molecule has 1 aromatic rings. The maximum absolute atomic E-state index is 6.27. The monoisotopic (exact) mass is 361 g/mol. The van der Waals surface area contributed by atoms with Crippen molar-refractivity contribution in [3.63, 3.8) is 0 Å². The van der Waals surface area contributed by atoms with Gasteiger partial charge in [0.15, 0.2) is 0 Å². The van der Waals surface area contributed by atoms with Crippen LogP contribution in [0.25, 0.3) is 0 Å². The minimum absolute atomic E-state index is 0.0114. The van der Waals surface area contributed by atoms with Gasteiger partial charge in [0, 0.05) is 52.5 Å². The predicted molar refractivity (Wildman–Crippen MR) is 99.5 cm³/mol. The standard InChI is InChI=1S/C21H31NO4/c1-23-19-4-2-3-18(11-19)13-22-15-21(16-22)12-20(7-10-26-21)25-14-17-5-8-24-9-6-17/h2-4,11,17,20H,5-10,12-16H2,1H3. The van der Waals surface area contributed by atoms with Gasteiger partial charge in [-0.25, -0.2) is 0 Å². The first-order valence-electron chi connectivity index (χ1n) is 9.93. The fraction of sp³-hybridized carbons (Fsp3) is 0.714. The van der Waals surface area contributed by atoms with E-state index in [9.17, 15) is 0 Å². The number of rotatable bonds is 6. The van der Waals surface area contributed by atoms with Crippen molar-refractivity contribution in [1.29, 1.82) is 0 Å². The van der Waals surface area contributed by atoms with Crippen LogP contribution >= 0.6 is 0 Å². The third-order valence-corrected chi connectivity index (χ3v) is 5.92. The summed E-state index contributed by atoms with van der Waals surface area (Å²) in [6.45, 7) is 6.46. The Balaban J connectivity index is 1.23. The number of hydrogen-bond donors (Lipinski definition) is 0. The molecule has 3 saturated heterocycles. The van der Waals surface area contributed by atoms with Crippen molar-refractivity contribution in [2.45, 2.75) is 43.9 Å². The highest BCUT2D eigenvalue weighted by Gasteiger charge is 2.47. The Morgan fingerprint density at radius 2 is 2.00 bits per heavy atom. The number of benzene rings is 1. The zero-order valence-electron chi connectivity index (χ0n) is 15.8. The summed E-state index contributed by atoms with van der Waals surface area (Å²) >= 11 is 0. The minimum Gasteiger partial charge on any atom is -0.497 e.